The van der Waals surface area contributed by atoms with Crippen molar-refractivity contribution in [1.82, 2.24) is 9.55 Å². The second-order valence-corrected chi connectivity index (χ2v) is 6.93. The van der Waals surface area contributed by atoms with E-state index >= 15 is 0 Å². The molecule has 3 heterocycles. The number of aromatic carboxylic acids is 1. The molecule has 1 aromatic carbocycles. The number of hydrogen-bond donors (Lipinski definition) is 2. The minimum atomic E-state index is -0.970. The molecule has 28 heavy (non-hydrogen) atoms. The molecule has 0 unspecified atom stereocenters. The average Bonchev–Trinajstić information content (AvgIpc) is 3.06. The molecule has 0 atom stereocenters. The first kappa shape index (κ1) is 18.0. The fourth-order valence-corrected chi connectivity index (χ4v) is 3.72. The van der Waals surface area contributed by atoms with Crippen LogP contribution in [-0.4, -0.2) is 26.8 Å². The summed E-state index contributed by atoms with van der Waals surface area (Å²) in [5, 5.41) is 10.4. The molecular formula is C22H21N3O3. The van der Waals surface area contributed by atoms with Gasteiger partial charge < -0.3 is 14.7 Å². The zero-order chi connectivity index (χ0) is 19.7. The van der Waals surface area contributed by atoms with Crippen LogP contribution in [0.2, 0.25) is 0 Å². The van der Waals surface area contributed by atoms with Crippen molar-refractivity contribution in [3.8, 4) is 11.1 Å². The van der Waals surface area contributed by atoms with E-state index in [1.54, 1.807) is 29.0 Å². The summed E-state index contributed by atoms with van der Waals surface area (Å²) in [4.78, 5) is 32.2. The summed E-state index contributed by atoms with van der Waals surface area (Å²) >= 11 is 0. The van der Waals surface area contributed by atoms with Gasteiger partial charge in [0.2, 0.25) is 0 Å². The molecule has 2 N–H and O–H groups in total. The van der Waals surface area contributed by atoms with E-state index < -0.39 is 5.97 Å². The van der Waals surface area contributed by atoms with Crippen LogP contribution in [0.5, 0.6) is 0 Å². The molecular weight excluding hydrogens is 354 g/mol. The zero-order valence-corrected chi connectivity index (χ0v) is 15.4. The number of rotatable bonds is 5. The van der Waals surface area contributed by atoms with E-state index in [1.165, 1.54) is 0 Å². The summed E-state index contributed by atoms with van der Waals surface area (Å²) in [6, 6.07) is 5.23. The Hall–Kier alpha value is -3.41. The number of hydrogen-bond acceptors (Lipinski definition) is 3. The number of carbonyl (C=O) groups is 1. The predicted molar refractivity (Wildman–Crippen MR) is 111 cm³/mol. The Morgan fingerprint density at radius 1 is 1.36 bits per heavy atom. The van der Waals surface area contributed by atoms with Crippen LogP contribution in [-0.2, 0) is 13.0 Å². The Bertz CT molecular complexity index is 1170. The van der Waals surface area contributed by atoms with Gasteiger partial charge in [0, 0.05) is 41.7 Å². The van der Waals surface area contributed by atoms with Gasteiger partial charge in [0.25, 0.3) is 5.56 Å². The van der Waals surface area contributed by atoms with Gasteiger partial charge in [0.1, 0.15) is 5.52 Å². The smallest absolute Gasteiger partial charge is 0.335 e. The Balaban J connectivity index is 2.04. The quantitative estimate of drug-likeness (QED) is 0.652. The number of pyridine rings is 1. The van der Waals surface area contributed by atoms with Crippen LogP contribution < -0.4 is 5.56 Å². The van der Waals surface area contributed by atoms with Crippen molar-refractivity contribution < 1.29 is 9.90 Å². The lowest BCUT2D eigenvalue weighted by Gasteiger charge is -2.15. The standard InChI is InChI=1S/C22H21N3O3/c1-2-3-10-25-13-18(16-7-9-24-20(16)21(25)26)17-12-15(22(27)28)11-14-6-4-5-8-23-19(14)17/h2,7-9,11-13,24H,1,3-6,10H2,(H,27,28). The van der Waals surface area contributed by atoms with Crippen LogP contribution in [0, 0.1) is 0 Å². The van der Waals surface area contributed by atoms with Crippen molar-refractivity contribution in [2.24, 2.45) is 4.99 Å². The summed E-state index contributed by atoms with van der Waals surface area (Å²) in [6.45, 7) is 4.24. The van der Waals surface area contributed by atoms with Gasteiger partial charge in [-0.25, -0.2) is 4.79 Å². The van der Waals surface area contributed by atoms with Crippen molar-refractivity contribution in [2.75, 3.05) is 0 Å². The van der Waals surface area contributed by atoms with Crippen LogP contribution in [0.25, 0.3) is 22.0 Å². The Labute approximate surface area is 161 Å². The molecule has 0 spiro atoms. The first-order valence-corrected chi connectivity index (χ1v) is 9.34. The maximum Gasteiger partial charge on any atom is 0.335 e. The van der Waals surface area contributed by atoms with Crippen LogP contribution in [0.3, 0.4) is 0 Å². The van der Waals surface area contributed by atoms with Gasteiger partial charge in [0.15, 0.2) is 0 Å². The highest BCUT2D eigenvalue weighted by Crippen LogP contribution is 2.39. The molecule has 4 rings (SSSR count). The summed E-state index contributed by atoms with van der Waals surface area (Å²) < 4.78 is 1.65. The molecule has 0 bridgehead atoms. The number of fused-ring (bicyclic) bond motifs is 2. The highest BCUT2D eigenvalue weighted by molar-refractivity contribution is 6.00. The van der Waals surface area contributed by atoms with Gasteiger partial charge in [-0.2, -0.15) is 0 Å². The summed E-state index contributed by atoms with van der Waals surface area (Å²) in [5.41, 5.74) is 3.90. The van der Waals surface area contributed by atoms with Gasteiger partial charge in [-0.15, -0.1) is 6.58 Å². The van der Waals surface area contributed by atoms with Crippen LogP contribution >= 0.6 is 0 Å². The number of aromatic amines is 1. The molecule has 6 heteroatoms. The fraction of sp³-hybridized carbons (Fsp3) is 0.227. The van der Waals surface area contributed by atoms with Gasteiger partial charge in [0.05, 0.1) is 11.3 Å². The Morgan fingerprint density at radius 3 is 3.00 bits per heavy atom. The molecule has 0 amide bonds. The molecule has 142 valence electrons. The number of aliphatic imine (C=N–C) groups is 1. The van der Waals surface area contributed by atoms with E-state index in [-0.39, 0.29) is 11.1 Å². The number of H-pyrrole nitrogens is 1. The molecule has 1 aliphatic rings. The number of carboxylic acids is 1. The number of allylic oxidation sites excluding steroid dienone is 1. The third-order valence-electron chi connectivity index (χ3n) is 5.10. The molecule has 0 saturated heterocycles. The minimum absolute atomic E-state index is 0.102. The van der Waals surface area contributed by atoms with Crippen LogP contribution in [0.1, 0.15) is 35.2 Å². The minimum Gasteiger partial charge on any atom is -0.478 e. The van der Waals surface area contributed by atoms with E-state index in [4.69, 9.17) is 0 Å². The molecule has 1 aliphatic heterocycles. The third-order valence-corrected chi connectivity index (χ3v) is 5.10. The Kier molecular flexibility index (Phi) is 4.69. The number of benzene rings is 1. The number of nitrogens with one attached hydrogen (secondary N) is 1. The molecule has 2 aromatic heterocycles. The maximum absolute atomic E-state index is 12.8. The van der Waals surface area contributed by atoms with Crippen molar-refractivity contribution >= 4 is 28.8 Å². The van der Waals surface area contributed by atoms with Gasteiger partial charge in [-0.3, -0.25) is 9.79 Å². The van der Waals surface area contributed by atoms with E-state index in [2.05, 4.69) is 16.6 Å². The number of carboxylic acid groups (broad SMARTS) is 1. The highest BCUT2D eigenvalue weighted by atomic mass is 16.4. The molecule has 0 fully saturated rings. The van der Waals surface area contributed by atoms with Crippen LogP contribution in [0.4, 0.5) is 5.69 Å². The zero-order valence-electron chi connectivity index (χ0n) is 15.4. The van der Waals surface area contributed by atoms with Gasteiger partial charge in [-0.05, 0) is 49.4 Å². The van der Waals surface area contributed by atoms with Gasteiger partial charge >= 0.3 is 5.97 Å². The lowest BCUT2D eigenvalue weighted by Crippen LogP contribution is -2.20. The first-order chi connectivity index (χ1) is 13.6. The van der Waals surface area contributed by atoms with E-state index in [9.17, 15) is 14.7 Å². The number of nitrogens with zero attached hydrogens (tertiary/aromatic N) is 2. The topological polar surface area (TPSA) is 87.4 Å². The SMILES string of the molecule is C=CCCn1cc(-c2cc(C(=O)O)cc3c2N=CCCC3)c2cc[nH]c2c1=O. The van der Waals surface area contributed by atoms with E-state index in [0.717, 1.165) is 47.0 Å². The molecule has 0 radical (unpaired) electrons. The lowest BCUT2D eigenvalue weighted by molar-refractivity contribution is 0.0697. The second kappa shape index (κ2) is 7.31. The van der Waals surface area contributed by atoms with E-state index in [0.29, 0.717) is 18.5 Å². The third kappa shape index (κ3) is 3.07. The predicted octanol–water partition coefficient (Wildman–Crippen LogP) is 4.31. The number of aromatic nitrogens is 2. The molecule has 0 saturated carbocycles. The highest BCUT2D eigenvalue weighted by Gasteiger charge is 2.20. The molecule has 3 aromatic rings. The summed E-state index contributed by atoms with van der Waals surface area (Å²) in [5.74, 6) is -0.970. The monoisotopic (exact) mass is 375 g/mol. The Morgan fingerprint density at radius 2 is 2.21 bits per heavy atom. The largest absolute Gasteiger partial charge is 0.478 e. The second-order valence-electron chi connectivity index (χ2n) is 6.93. The maximum atomic E-state index is 12.8. The molecule has 6 nitrogen and oxygen atoms in total. The summed E-state index contributed by atoms with van der Waals surface area (Å²) in [7, 11) is 0. The van der Waals surface area contributed by atoms with Crippen molar-refractivity contribution in [1.29, 1.82) is 0 Å². The first-order valence-electron chi connectivity index (χ1n) is 9.34. The van der Waals surface area contributed by atoms with E-state index in [1.807, 2.05) is 18.5 Å². The normalized spacial score (nSPS) is 13.3. The molecule has 0 aliphatic carbocycles. The summed E-state index contributed by atoms with van der Waals surface area (Å²) in [6.07, 6.45) is 10.4. The van der Waals surface area contributed by atoms with Crippen LogP contribution in [0.15, 0.2) is 53.0 Å². The lowest BCUT2D eigenvalue weighted by atomic mass is 9.94. The van der Waals surface area contributed by atoms with Crippen molar-refractivity contribution in [2.45, 2.75) is 32.2 Å². The van der Waals surface area contributed by atoms with Gasteiger partial charge in [-0.1, -0.05) is 6.08 Å². The average molecular weight is 375 g/mol. The van der Waals surface area contributed by atoms with Crippen molar-refractivity contribution in [3.63, 3.8) is 0 Å². The van der Waals surface area contributed by atoms with Crippen molar-refractivity contribution in [3.05, 3.63) is 64.7 Å². The fourth-order valence-electron chi connectivity index (χ4n) is 3.72. The number of aryl methyl sites for hydroxylation is 2.